The SMILES string of the molecule is Cc1ccc(CNc2ccc(N)c(C(N)=O)c2)cn1. The fourth-order valence-electron chi connectivity index (χ4n) is 1.69. The van der Waals surface area contributed by atoms with Gasteiger partial charge in [-0.05, 0) is 36.8 Å². The molecule has 0 aliphatic rings. The number of hydrogen-bond donors (Lipinski definition) is 3. The van der Waals surface area contributed by atoms with Crippen molar-refractivity contribution in [2.24, 2.45) is 5.73 Å². The van der Waals surface area contributed by atoms with Crippen molar-refractivity contribution in [1.29, 1.82) is 0 Å². The summed E-state index contributed by atoms with van der Waals surface area (Å²) in [5.41, 5.74) is 14.5. The summed E-state index contributed by atoms with van der Waals surface area (Å²) in [4.78, 5) is 15.4. The second-order valence-electron chi connectivity index (χ2n) is 4.33. The number of nitrogen functional groups attached to an aromatic ring is 1. The number of nitrogens with one attached hydrogen (secondary N) is 1. The molecule has 2 rings (SSSR count). The number of nitrogens with zero attached hydrogens (tertiary/aromatic N) is 1. The summed E-state index contributed by atoms with van der Waals surface area (Å²) in [5.74, 6) is -0.529. The van der Waals surface area contributed by atoms with Gasteiger partial charge in [-0.1, -0.05) is 6.07 Å². The molecule has 5 nitrogen and oxygen atoms in total. The lowest BCUT2D eigenvalue weighted by molar-refractivity contribution is 0.100. The first-order chi connectivity index (χ1) is 9.06. The minimum Gasteiger partial charge on any atom is -0.398 e. The monoisotopic (exact) mass is 256 g/mol. The Morgan fingerprint density at radius 2 is 2.11 bits per heavy atom. The molecule has 0 fully saturated rings. The number of aromatic nitrogens is 1. The molecular formula is C14H16N4O. The molecule has 19 heavy (non-hydrogen) atoms. The number of carbonyl (C=O) groups excluding carboxylic acids is 1. The van der Waals surface area contributed by atoms with E-state index < -0.39 is 5.91 Å². The first-order valence-corrected chi connectivity index (χ1v) is 5.91. The zero-order valence-electron chi connectivity index (χ0n) is 10.7. The van der Waals surface area contributed by atoms with Crippen molar-refractivity contribution in [2.45, 2.75) is 13.5 Å². The van der Waals surface area contributed by atoms with E-state index in [4.69, 9.17) is 11.5 Å². The number of pyridine rings is 1. The molecule has 0 saturated carbocycles. The number of carbonyl (C=O) groups is 1. The topological polar surface area (TPSA) is 94.0 Å². The summed E-state index contributed by atoms with van der Waals surface area (Å²) in [6, 6.07) is 9.08. The van der Waals surface area contributed by atoms with Crippen LogP contribution in [-0.2, 0) is 6.54 Å². The van der Waals surface area contributed by atoms with E-state index in [1.807, 2.05) is 31.3 Å². The van der Waals surface area contributed by atoms with Crippen LogP contribution in [-0.4, -0.2) is 10.9 Å². The second kappa shape index (κ2) is 5.39. The Morgan fingerprint density at radius 3 is 2.74 bits per heavy atom. The first-order valence-electron chi connectivity index (χ1n) is 5.91. The van der Waals surface area contributed by atoms with Gasteiger partial charge in [-0.3, -0.25) is 9.78 Å². The molecule has 0 unspecified atom stereocenters. The van der Waals surface area contributed by atoms with Crippen molar-refractivity contribution in [1.82, 2.24) is 4.98 Å². The Morgan fingerprint density at radius 1 is 1.32 bits per heavy atom. The van der Waals surface area contributed by atoms with Crippen molar-refractivity contribution in [3.8, 4) is 0 Å². The highest BCUT2D eigenvalue weighted by molar-refractivity contribution is 5.98. The maximum absolute atomic E-state index is 11.2. The lowest BCUT2D eigenvalue weighted by Crippen LogP contribution is -2.14. The number of benzene rings is 1. The van der Waals surface area contributed by atoms with Gasteiger partial charge in [0.1, 0.15) is 0 Å². The van der Waals surface area contributed by atoms with E-state index >= 15 is 0 Å². The zero-order valence-corrected chi connectivity index (χ0v) is 10.7. The predicted octanol–water partition coefficient (Wildman–Crippen LogP) is 1.68. The summed E-state index contributed by atoms with van der Waals surface area (Å²) in [6.07, 6.45) is 1.81. The number of anilines is 2. The highest BCUT2D eigenvalue weighted by Gasteiger charge is 2.06. The van der Waals surface area contributed by atoms with Gasteiger partial charge in [-0.15, -0.1) is 0 Å². The number of primary amides is 1. The maximum Gasteiger partial charge on any atom is 0.250 e. The van der Waals surface area contributed by atoms with Crippen molar-refractivity contribution in [3.05, 3.63) is 53.3 Å². The Hall–Kier alpha value is -2.56. The van der Waals surface area contributed by atoms with Crippen molar-refractivity contribution in [3.63, 3.8) is 0 Å². The fraction of sp³-hybridized carbons (Fsp3) is 0.143. The summed E-state index contributed by atoms with van der Waals surface area (Å²) in [7, 11) is 0. The van der Waals surface area contributed by atoms with Crippen LogP contribution in [0.1, 0.15) is 21.6 Å². The molecule has 0 radical (unpaired) electrons. The fourth-order valence-corrected chi connectivity index (χ4v) is 1.69. The Labute approximate surface area is 111 Å². The highest BCUT2D eigenvalue weighted by atomic mass is 16.1. The lowest BCUT2D eigenvalue weighted by atomic mass is 10.1. The summed E-state index contributed by atoms with van der Waals surface area (Å²) in [5, 5.41) is 3.20. The summed E-state index contributed by atoms with van der Waals surface area (Å²) in [6.45, 7) is 2.56. The predicted molar refractivity (Wildman–Crippen MR) is 75.7 cm³/mol. The molecule has 1 amide bonds. The first kappa shape index (κ1) is 12.9. The van der Waals surface area contributed by atoms with Crippen LogP contribution in [0.4, 0.5) is 11.4 Å². The van der Waals surface area contributed by atoms with E-state index in [-0.39, 0.29) is 0 Å². The quantitative estimate of drug-likeness (QED) is 0.725. The number of hydrogen-bond acceptors (Lipinski definition) is 4. The van der Waals surface area contributed by atoms with E-state index in [1.54, 1.807) is 12.1 Å². The number of rotatable bonds is 4. The van der Waals surface area contributed by atoms with Gasteiger partial charge >= 0.3 is 0 Å². The molecule has 0 aliphatic heterocycles. The van der Waals surface area contributed by atoms with E-state index in [2.05, 4.69) is 10.3 Å². The van der Waals surface area contributed by atoms with Gasteiger partial charge in [0, 0.05) is 29.8 Å². The highest BCUT2D eigenvalue weighted by Crippen LogP contribution is 2.18. The third-order valence-electron chi connectivity index (χ3n) is 2.79. The Balaban J connectivity index is 2.09. The molecule has 5 heteroatoms. The molecule has 1 heterocycles. The van der Waals surface area contributed by atoms with Crippen LogP contribution in [0.2, 0.25) is 0 Å². The number of amides is 1. The second-order valence-corrected chi connectivity index (χ2v) is 4.33. The van der Waals surface area contributed by atoms with Gasteiger partial charge in [-0.25, -0.2) is 0 Å². The molecule has 98 valence electrons. The van der Waals surface area contributed by atoms with E-state index in [0.29, 0.717) is 17.8 Å². The Kier molecular flexibility index (Phi) is 3.66. The van der Waals surface area contributed by atoms with Gasteiger partial charge in [0.25, 0.3) is 5.91 Å². The third kappa shape index (κ3) is 3.22. The third-order valence-corrected chi connectivity index (χ3v) is 2.79. The van der Waals surface area contributed by atoms with Crippen molar-refractivity contribution >= 4 is 17.3 Å². The zero-order chi connectivity index (χ0) is 13.8. The van der Waals surface area contributed by atoms with Crippen molar-refractivity contribution < 1.29 is 4.79 Å². The summed E-state index contributed by atoms with van der Waals surface area (Å²) < 4.78 is 0. The molecule has 1 aromatic carbocycles. The summed E-state index contributed by atoms with van der Waals surface area (Å²) >= 11 is 0. The molecule has 1 aromatic heterocycles. The van der Waals surface area contributed by atoms with Crippen molar-refractivity contribution in [2.75, 3.05) is 11.1 Å². The van der Waals surface area contributed by atoms with Crippen LogP contribution in [0.25, 0.3) is 0 Å². The molecule has 5 N–H and O–H groups in total. The molecule has 0 atom stereocenters. The van der Waals surface area contributed by atoms with Crippen LogP contribution in [0, 0.1) is 6.92 Å². The van der Waals surface area contributed by atoms with Crippen LogP contribution in [0.5, 0.6) is 0 Å². The van der Waals surface area contributed by atoms with Crippen LogP contribution in [0.15, 0.2) is 36.5 Å². The average Bonchev–Trinajstić information content (AvgIpc) is 2.39. The molecule has 2 aromatic rings. The Bertz CT molecular complexity index is 593. The van der Waals surface area contributed by atoms with E-state index in [9.17, 15) is 4.79 Å². The van der Waals surface area contributed by atoms with Gasteiger partial charge < -0.3 is 16.8 Å². The largest absolute Gasteiger partial charge is 0.398 e. The average molecular weight is 256 g/mol. The maximum atomic E-state index is 11.2. The number of nitrogens with two attached hydrogens (primary N) is 2. The number of aryl methyl sites for hydroxylation is 1. The normalized spacial score (nSPS) is 10.2. The minimum atomic E-state index is -0.529. The minimum absolute atomic E-state index is 0.326. The standard InChI is InChI=1S/C14H16N4O/c1-9-2-3-10(7-17-9)8-18-11-4-5-13(15)12(6-11)14(16)19/h2-7,18H,8,15H2,1H3,(H2,16,19). The molecule has 0 spiro atoms. The molecule has 0 aliphatic carbocycles. The van der Waals surface area contributed by atoms with Gasteiger partial charge in [0.2, 0.25) is 0 Å². The molecule has 0 saturated heterocycles. The van der Waals surface area contributed by atoms with Gasteiger partial charge in [0.15, 0.2) is 0 Å². The van der Waals surface area contributed by atoms with Crippen LogP contribution in [0.3, 0.4) is 0 Å². The van der Waals surface area contributed by atoms with Gasteiger partial charge in [0.05, 0.1) is 5.56 Å². The van der Waals surface area contributed by atoms with E-state index in [1.165, 1.54) is 0 Å². The van der Waals surface area contributed by atoms with Crippen LogP contribution >= 0.6 is 0 Å². The lowest BCUT2D eigenvalue weighted by Gasteiger charge is -2.09. The van der Waals surface area contributed by atoms with E-state index in [0.717, 1.165) is 16.9 Å². The molecule has 0 bridgehead atoms. The van der Waals surface area contributed by atoms with Crippen LogP contribution < -0.4 is 16.8 Å². The molecular weight excluding hydrogens is 240 g/mol. The smallest absolute Gasteiger partial charge is 0.250 e. The van der Waals surface area contributed by atoms with Gasteiger partial charge in [-0.2, -0.15) is 0 Å².